The van der Waals surface area contributed by atoms with E-state index in [4.69, 9.17) is 11.6 Å². The van der Waals surface area contributed by atoms with Gasteiger partial charge in [-0.05, 0) is 25.5 Å². The van der Waals surface area contributed by atoms with E-state index < -0.39 is 5.60 Å². The number of nitrogens with zero attached hydrogens (tertiary/aromatic N) is 2. The Labute approximate surface area is 127 Å². The fourth-order valence-electron chi connectivity index (χ4n) is 2.31. The third kappa shape index (κ3) is 2.50. The van der Waals surface area contributed by atoms with Crippen molar-refractivity contribution >= 4 is 23.2 Å². The Bertz CT molecular complexity index is 721. The molecule has 2 aromatic rings. The summed E-state index contributed by atoms with van der Waals surface area (Å²) in [6.45, 7) is 3.30. The van der Waals surface area contributed by atoms with E-state index in [1.165, 1.54) is 0 Å². The van der Waals surface area contributed by atoms with Crippen LogP contribution in [0.25, 0.3) is 11.3 Å². The van der Waals surface area contributed by atoms with Gasteiger partial charge in [0.15, 0.2) is 0 Å². The maximum Gasteiger partial charge on any atom is 0.228 e. The van der Waals surface area contributed by atoms with Gasteiger partial charge < -0.3 is 10.4 Å². The molecule has 6 heteroatoms. The van der Waals surface area contributed by atoms with Crippen molar-refractivity contribution in [1.82, 2.24) is 9.97 Å². The van der Waals surface area contributed by atoms with Crippen LogP contribution >= 0.6 is 11.6 Å². The van der Waals surface area contributed by atoms with Crippen LogP contribution in [0.3, 0.4) is 0 Å². The van der Waals surface area contributed by atoms with Gasteiger partial charge in [0.25, 0.3) is 0 Å². The summed E-state index contributed by atoms with van der Waals surface area (Å²) in [7, 11) is 0. The first-order valence-corrected chi connectivity index (χ1v) is 6.90. The highest BCUT2D eigenvalue weighted by molar-refractivity contribution is 6.34. The number of hydrogen-bond acceptors (Lipinski definition) is 4. The van der Waals surface area contributed by atoms with Crippen molar-refractivity contribution in [2.75, 3.05) is 5.32 Å². The number of carbonyl (C=O) groups excluding carboxylic acids is 1. The zero-order valence-corrected chi connectivity index (χ0v) is 12.4. The molecule has 0 fully saturated rings. The SMILES string of the molecule is CC(C)(O)c1cnc(-c2ccc(Cl)c3c2CC(=O)N3)cn1. The molecule has 0 saturated heterocycles. The predicted octanol–water partition coefficient (Wildman–Crippen LogP) is 2.52. The van der Waals surface area contributed by atoms with E-state index in [1.54, 1.807) is 32.3 Å². The fourth-order valence-corrected chi connectivity index (χ4v) is 2.53. The topological polar surface area (TPSA) is 75.1 Å². The van der Waals surface area contributed by atoms with Crippen molar-refractivity contribution < 1.29 is 9.90 Å². The van der Waals surface area contributed by atoms with Gasteiger partial charge in [-0.3, -0.25) is 14.8 Å². The second kappa shape index (κ2) is 4.79. The smallest absolute Gasteiger partial charge is 0.228 e. The molecule has 0 atom stereocenters. The number of amides is 1. The van der Waals surface area contributed by atoms with Gasteiger partial charge in [0.2, 0.25) is 5.91 Å². The van der Waals surface area contributed by atoms with Crippen LogP contribution in [0, 0.1) is 0 Å². The summed E-state index contributed by atoms with van der Waals surface area (Å²) in [5, 5.41) is 13.2. The van der Waals surface area contributed by atoms with Crippen LogP contribution in [0.4, 0.5) is 5.69 Å². The Balaban J connectivity index is 2.07. The highest BCUT2D eigenvalue weighted by atomic mass is 35.5. The summed E-state index contributed by atoms with van der Waals surface area (Å²) < 4.78 is 0. The molecule has 1 aliphatic heterocycles. The highest BCUT2D eigenvalue weighted by Gasteiger charge is 2.25. The summed E-state index contributed by atoms with van der Waals surface area (Å²) in [5.41, 5.74) is 2.40. The van der Waals surface area contributed by atoms with E-state index in [0.717, 1.165) is 11.1 Å². The number of hydrogen-bond donors (Lipinski definition) is 2. The summed E-state index contributed by atoms with van der Waals surface area (Å²) in [4.78, 5) is 20.2. The minimum absolute atomic E-state index is 0.0829. The first-order chi connectivity index (χ1) is 9.86. The van der Waals surface area contributed by atoms with Crippen LogP contribution in [0.1, 0.15) is 25.1 Å². The van der Waals surface area contributed by atoms with E-state index in [1.807, 2.05) is 6.07 Å². The number of fused-ring (bicyclic) bond motifs is 1. The fraction of sp³-hybridized carbons (Fsp3) is 0.267. The molecule has 0 bridgehead atoms. The molecule has 0 saturated carbocycles. The summed E-state index contributed by atoms with van der Waals surface area (Å²) >= 11 is 6.10. The monoisotopic (exact) mass is 303 g/mol. The summed E-state index contributed by atoms with van der Waals surface area (Å²) in [6, 6.07) is 3.56. The van der Waals surface area contributed by atoms with E-state index in [0.29, 0.717) is 22.1 Å². The number of anilines is 1. The number of carbonyl (C=O) groups is 1. The average Bonchev–Trinajstić information content (AvgIpc) is 2.81. The van der Waals surface area contributed by atoms with Crippen LogP contribution in [0.5, 0.6) is 0 Å². The van der Waals surface area contributed by atoms with Crippen LogP contribution in [0.2, 0.25) is 5.02 Å². The van der Waals surface area contributed by atoms with E-state index in [9.17, 15) is 9.90 Å². The lowest BCUT2D eigenvalue weighted by Gasteiger charge is -2.16. The lowest BCUT2D eigenvalue weighted by molar-refractivity contribution is -0.115. The molecule has 1 aromatic carbocycles. The molecule has 3 rings (SSSR count). The molecule has 0 unspecified atom stereocenters. The van der Waals surface area contributed by atoms with Crippen LogP contribution in [-0.2, 0) is 16.8 Å². The molecule has 5 nitrogen and oxygen atoms in total. The quantitative estimate of drug-likeness (QED) is 0.894. The second-order valence-electron chi connectivity index (χ2n) is 5.52. The first-order valence-electron chi connectivity index (χ1n) is 6.53. The maximum atomic E-state index is 11.6. The number of benzene rings is 1. The van der Waals surface area contributed by atoms with E-state index >= 15 is 0 Å². The zero-order valence-electron chi connectivity index (χ0n) is 11.6. The van der Waals surface area contributed by atoms with Gasteiger partial charge in [0, 0.05) is 5.56 Å². The molecule has 0 aliphatic carbocycles. The van der Waals surface area contributed by atoms with Crippen molar-refractivity contribution in [3.63, 3.8) is 0 Å². The van der Waals surface area contributed by atoms with Gasteiger partial charge in [0.1, 0.15) is 5.60 Å². The summed E-state index contributed by atoms with van der Waals surface area (Å²) in [5.74, 6) is -0.0829. The molecule has 108 valence electrons. The highest BCUT2D eigenvalue weighted by Crippen LogP contribution is 2.37. The second-order valence-corrected chi connectivity index (χ2v) is 5.93. The van der Waals surface area contributed by atoms with Crippen molar-refractivity contribution in [3.05, 3.63) is 40.8 Å². The molecule has 1 aromatic heterocycles. The molecular weight excluding hydrogens is 290 g/mol. The number of rotatable bonds is 2. The third-order valence-electron chi connectivity index (χ3n) is 3.42. The standard InChI is InChI=1S/C15H14ClN3O2/c1-15(2,21)12-7-17-11(6-18-12)8-3-4-10(16)14-9(8)5-13(20)19-14/h3-4,6-7,21H,5H2,1-2H3,(H,19,20). The Morgan fingerprint density at radius 2 is 2.05 bits per heavy atom. The third-order valence-corrected chi connectivity index (χ3v) is 3.73. The lowest BCUT2D eigenvalue weighted by Crippen LogP contribution is -2.17. The lowest BCUT2D eigenvalue weighted by atomic mass is 10.0. The number of nitrogens with one attached hydrogen (secondary N) is 1. The van der Waals surface area contributed by atoms with E-state index in [2.05, 4.69) is 15.3 Å². The van der Waals surface area contributed by atoms with Crippen molar-refractivity contribution in [2.45, 2.75) is 25.9 Å². The van der Waals surface area contributed by atoms with Crippen LogP contribution in [-0.4, -0.2) is 21.0 Å². The van der Waals surface area contributed by atoms with Gasteiger partial charge in [0.05, 0.1) is 40.9 Å². The first kappa shape index (κ1) is 14.0. The number of aliphatic hydroxyl groups is 1. The Morgan fingerprint density at radius 1 is 1.29 bits per heavy atom. The molecule has 1 aliphatic rings. The Morgan fingerprint density at radius 3 is 2.67 bits per heavy atom. The summed E-state index contributed by atoms with van der Waals surface area (Å²) in [6.07, 6.45) is 3.42. The van der Waals surface area contributed by atoms with E-state index in [-0.39, 0.29) is 12.3 Å². The van der Waals surface area contributed by atoms with Crippen LogP contribution < -0.4 is 5.32 Å². The van der Waals surface area contributed by atoms with Crippen molar-refractivity contribution in [3.8, 4) is 11.3 Å². The minimum Gasteiger partial charge on any atom is -0.384 e. The average molecular weight is 304 g/mol. The minimum atomic E-state index is -1.04. The zero-order chi connectivity index (χ0) is 15.2. The maximum absolute atomic E-state index is 11.6. The van der Waals surface area contributed by atoms with Gasteiger partial charge in [-0.1, -0.05) is 17.7 Å². The number of aromatic nitrogens is 2. The molecule has 21 heavy (non-hydrogen) atoms. The number of halogens is 1. The molecular formula is C15H14ClN3O2. The van der Waals surface area contributed by atoms with Gasteiger partial charge in [-0.2, -0.15) is 0 Å². The molecule has 2 heterocycles. The molecule has 0 spiro atoms. The van der Waals surface area contributed by atoms with Crippen molar-refractivity contribution in [1.29, 1.82) is 0 Å². The molecule has 2 N–H and O–H groups in total. The Kier molecular flexibility index (Phi) is 3.19. The largest absolute Gasteiger partial charge is 0.384 e. The van der Waals surface area contributed by atoms with Crippen LogP contribution in [0.15, 0.2) is 24.5 Å². The van der Waals surface area contributed by atoms with Gasteiger partial charge in [-0.25, -0.2) is 0 Å². The van der Waals surface area contributed by atoms with Gasteiger partial charge >= 0.3 is 0 Å². The normalized spacial score (nSPS) is 14.0. The molecule has 1 amide bonds. The predicted molar refractivity (Wildman–Crippen MR) is 80.1 cm³/mol. The molecule has 0 radical (unpaired) electrons. The Hall–Kier alpha value is -1.98. The van der Waals surface area contributed by atoms with Crippen molar-refractivity contribution in [2.24, 2.45) is 0 Å². The van der Waals surface area contributed by atoms with Gasteiger partial charge in [-0.15, -0.1) is 0 Å².